The summed E-state index contributed by atoms with van der Waals surface area (Å²) < 4.78 is 5.52. The first-order chi connectivity index (χ1) is 12.3. The van der Waals surface area contributed by atoms with Crippen molar-refractivity contribution in [2.75, 3.05) is 6.61 Å². The summed E-state index contributed by atoms with van der Waals surface area (Å²) in [5, 5.41) is 11.7. The molecule has 0 aliphatic carbocycles. The fourth-order valence-electron chi connectivity index (χ4n) is 2.95. The molecule has 2 aromatic rings. The SMILES string of the molecule is CC(C)(CCC(=O)O)NC(=O)c1cncc(-c2ccc3c(c2)CCO3)c1. The van der Waals surface area contributed by atoms with Crippen LogP contribution in [0.1, 0.15) is 42.6 Å². The van der Waals surface area contributed by atoms with Gasteiger partial charge in [-0.05, 0) is 49.6 Å². The molecule has 0 atom stereocenters. The van der Waals surface area contributed by atoms with Crippen molar-refractivity contribution in [3.8, 4) is 16.9 Å². The Balaban J connectivity index is 1.76. The molecule has 3 rings (SSSR count). The van der Waals surface area contributed by atoms with Crippen LogP contribution in [0.4, 0.5) is 0 Å². The minimum absolute atomic E-state index is 0.00274. The smallest absolute Gasteiger partial charge is 0.303 e. The number of amides is 1. The van der Waals surface area contributed by atoms with Crippen LogP contribution in [0.15, 0.2) is 36.7 Å². The van der Waals surface area contributed by atoms with Crippen molar-refractivity contribution in [1.82, 2.24) is 10.3 Å². The Morgan fingerprint density at radius 2 is 2.04 bits per heavy atom. The number of pyridine rings is 1. The van der Waals surface area contributed by atoms with Crippen molar-refractivity contribution in [1.29, 1.82) is 0 Å². The first-order valence-electron chi connectivity index (χ1n) is 8.59. The summed E-state index contributed by atoms with van der Waals surface area (Å²) in [6, 6.07) is 7.77. The van der Waals surface area contributed by atoms with Gasteiger partial charge in [-0.1, -0.05) is 6.07 Å². The lowest BCUT2D eigenvalue weighted by Crippen LogP contribution is -2.43. The number of rotatable bonds is 6. The van der Waals surface area contributed by atoms with Gasteiger partial charge in [0.2, 0.25) is 0 Å². The van der Waals surface area contributed by atoms with Crippen molar-refractivity contribution in [2.24, 2.45) is 0 Å². The Hall–Kier alpha value is -2.89. The summed E-state index contributed by atoms with van der Waals surface area (Å²) in [6.07, 6.45) is 4.48. The second-order valence-electron chi connectivity index (χ2n) is 7.12. The maximum atomic E-state index is 12.6. The molecule has 1 aliphatic rings. The highest BCUT2D eigenvalue weighted by Gasteiger charge is 2.22. The van der Waals surface area contributed by atoms with E-state index in [9.17, 15) is 9.59 Å². The van der Waals surface area contributed by atoms with Crippen molar-refractivity contribution >= 4 is 11.9 Å². The predicted molar refractivity (Wildman–Crippen MR) is 97.3 cm³/mol. The van der Waals surface area contributed by atoms with Crippen LogP contribution in [0, 0.1) is 0 Å². The Morgan fingerprint density at radius 3 is 2.81 bits per heavy atom. The average molecular weight is 354 g/mol. The van der Waals surface area contributed by atoms with Crippen LogP contribution in [0.2, 0.25) is 0 Å². The topological polar surface area (TPSA) is 88.5 Å². The number of carbonyl (C=O) groups is 2. The van der Waals surface area contributed by atoms with Crippen molar-refractivity contribution in [3.63, 3.8) is 0 Å². The fourth-order valence-corrected chi connectivity index (χ4v) is 2.95. The maximum absolute atomic E-state index is 12.6. The maximum Gasteiger partial charge on any atom is 0.303 e. The van der Waals surface area contributed by atoms with E-state index < -0.39 is 11.5 Å². The van der Waals surface area contributed by atoms with Gasteiger partial charge in [-0.3, -0.25) is 14.6 Å². The van der Waals surface area contributed by atoms with Gasteiger partial charge < -0.3 is 15.2 Å². The number of hydrogen-bond acceptors (Lipinski definition) is 4. The lowest BCUT2D eigenvalue weighted by atomic mass is 9.97. The molecule has 26 heavy (non-hydrogen) atoms. The zero-order valence-corrected chi connectivity index (χ0v) is 14.9. The average Bonchev–Trinajstić information content (AvgIpc) is 3.07. The lowest BCUT2D eigenvalue weighted by molar-refractivity contribution is -0.137. The molecule has 0 saturated heterocycles. The normalized spacial score (nSPS) is 13.0. The minimum Gasteiger partial charge on any atom is -0.493 e. The van der Waals surface area contributed by atoms with Crippen LogP contribution in [-0.4, -0.2) is 34.1 Å². The van der Waals surface area contributed by atoms with Crippen LogP contribution in [0.3, 0.4) is 0 Å². The van der Waals surface area contributed by atoms with Gasteiger partial charge >= 0.3 is 5.97 Å². The van der Waals surface area contributed by atoms with Gasteiger partial charge in [0.15, 0.2) is 0 Å². The summed E-state index contributed by atoms with van der Waals surface area (Å²) >= 11 is 0. The van der Waals surface area contributed by atoms with E-state index >= 15 is 0 Å². The highest BCUT2D eigenvalue weighted by molar-refractivity contribution is 5.95. The zero-order valence-electron chi connectivity index (χ0n) is 14.9. The molecule has 1 aromatic heterocycles. The summed E-state index contributed by atoms with van der Waals surface area (Å²) in [6.45, 7) is 4.32. The molecule has 6 heteroatoms. The number of carbonyl (C=O) groups excluding carboxylic acids is 1. The van der Waals surface area contributed by atoms with Gasteiger partial charge in [0.1, 0.15) is 5.75 Å². The van der Waals surface area contributed by atoms with Gasteiger partial charge in [0.25, 0.3) is 5.91 Å². The van der Waals surface area contributed by atoms with Gasteiger partial charge in [0.05, 0.1) is 12.2 Å². The number of aliphatic carboxylic acids is 1. The molecular weight excluding hydrogens is 332 g/mol. The quantitative estimate of drug-likeness (QED) is 0.832. The van der Waals surface area contributed by atoms with E-state index in [0.29, 0.717) is 18.6 Å². The van der Waals surface area contributed by atoms with Crippen LogP contribution in [0.5, 0.6) is 5.75 Å². The summed E-state index contributed by atoms with van der Waals surface area (Å²) in [4.78, 5) is 27.5. The first-order valence-corrected chi connectivity index (χ1v) is 8.59. The van der Waals surface area contributed by atoms with E-state index in [4.69, 9.17) is 9.84 Å². The monoisotopic (exact) mass is 354 g/mol. The molecule has 0 bridgehead atoms. The largest absolute Gasteiger partial charge is 0.493 e. The third kappa shape index (κ3) is 4.20. The summed E-state index contributed by atoms with van der Waals surface area (Å²) in [5.41, 5.74) is 2.84. The van der Waals surface area contributed by atoms with E-state index in [2.05, 4.69) is 16.4 Å². The number of carboxylic acids is 1. The van der Waals surface area contributed by atoms with E-state index in [0.717, 1.165) is 28.9 Å². The fraction of sp³-hybridized carbons (Fsp3) is 0.350. The van der Waals surface area contributed by atoms with Crippen LogP contribution in [-0.2, 0) is 11.2 Å². The van der Waals surface area contributed by atoms with Gasteiger partial charge in [0, 0.05) is 36.3 Å². The third-order valence-electron chi connectivity index (χ3n) is 4.44. The van der Waals surface area contributed by atoms with Crippen molar-refractivity contribution in [2.45, 2.75) is 38.6 Å². The number of fused-ring (bicyclic) bond motifs is 1. The molecule has 1 aliphatic heterocycles. The van der Waals surface area contributed by atoms with E-state index in [-0.39, 0.29) is 12.3 Å². The number of ether oxygens (including phenoxy) is 1. The molecule has 1 aromatic carbocycles. The number of benzene rings is 1. The molecule has 0 radical (unpaired) electrons. The second kappa shape index (κ2) is 7.15. The molecule has 0 unspecified atom stereocenters. The molecule has 0 fully saturated rings. The molecule has 0 spiro atoms. The molecule has 2 heterocycles. The minimum atomic E-state index is -0.878. The summed E-state index contributed by atoms with van der Waals surface area (Å²) in [5.74, 6) is -0.230. The molecule has 1 amide bonds. The number of nitrogens with zero attached hydrogens (tertiary/aromatic N) is 1. The molecule has 2 N–H and O–H groups in total. The zero-order chi connectivity index (χ0) is 18.7. The molecule has 0 saturated carbocycles. The number of hydrogen-bond donors (Lipinski definition) is 2. The van der Waals surface area contributed by atoms with Crippen LogP contribution in [0.25, 0.3) is 11.1 Å². The van der Waals surface area contributed by atoms with E-state index in [1.54, 1.807) is 12.3 Å². The van der Waals surface area contributed by atoms with Crippen molar-refractivity contribution in [3.05, 3.63) is 47.8 Å². The molecular formula is C20H22N2O4. The summed E-state index contributed by atoms with van der Waals surface area (Å²) in [7, 11) is 0. The standard InChI is InChI=1S/C20H22N2O4/c1-20(2,7-5-18(23)24)22-19(25)16-10-15(11-21-12-16)13-3-4-17-14(9-13)6-8-26-17/h3-4,9-12H,5-8H2,1-2H3,(H,22,25)(H,23,24). The Kier molecular flexibility index (Phi) is 4.93. The van der Waals surface area contributed by atoms with Crippen molar-refractivity contribution < 1.29 is 19.4 Å². The molecule has 136 valence electrons. The number of carboxylic acid groups (broad SMARTS) is 1. The van der Waals surface area contributed by atoms with Gasteiger partial charge in [-0.15, -0.1) is 0 Å². The van der Waals surface area contributed by atoms with E-state index in [1.165, 1.54) is 6.20 Å². The number of nitrogens with one attached hydrogen (secondary N) is 1. The first kappa shape index (κ1) is 17.9. The Morgan fingerprint density at radius 1 is 1.23 bits per heavy atom. The van der Waals surface area contributed by atoms with Crippen LogP contribution >= 0.6 is 0 Å². The highest BCUT2D eigenvalue weighted by Crippen LogP contribution is 2.30. The highest BCUT2D eigenvalue weighted by atomic mass is 16.5. The molecule has 6 nitrogen and oxygen atoms in total. The Bertz CT molecular complexity index is 845. The number of aromatic nitrogens is 1. The third-order valence-corrected chi connectivity index (χ3v) is 4.44. The van der Waals surface area contributed by atoms with E-state index in [1.807, 2.05) is 26.0 Å². The predicted octanol–water partition coefficient (Wildman–Crippen LogP) is 3.06. The second-order valence-corrected chi connectivity index (χ2v) is 7.12. The Labute approximate surface area is 152 Å². The van der Waals surface area contributed by atoms with Crippen LogP contribution < -0.4 is 10.1 Å². The van der Waals surface area contributed by atoms with Gasteiger partial charge in [-0.2, -0.15) is 0 Å². The lowest BCUT2D eigenvalue weighted by Gasteiger charge is -2.25. The van der Waals surface area contributed by atoms with Gasteiger partial charge in [-0.25, -0.2) is 0 Å².